The van der Waals surface area contributed by atoms with Crippen LogP contribution in [0.3, 0.4) is 0 Å². The minimum absolute atomic E-state index is 0.129. The normalized spacial score (nSPS) is 12.3. The molecule has 2 aromatic carbocycles. The molecular weight excluding hydrogens is 336 g/mol. The van der Waals surface area contributed by atoms with Crippen molar-refractivity contribution in [2.45, 2.75) is 25.6 Å². The van der Waals surface area contributed by atoms with E-state index in [4.69, 9.17) is 16.3 Å². The number of methoxy groups -OCH3 is 1. The number of ether oxygens (including phenoxy) is 1. The van der Waals surface area contributed by atoms with Crippen molar-refractivity contribution in [1.29, 1.82) is 0 Å². The highest BCUT2D eigenvalue weighted by molar-refractivity contribution is 9.09. The summed E-state index contributed by atoms with van der Waals surface area (Å²) in [6.07, 6.45) is 0. The number of rotatable bonds is 3. The van der Waals surface area contributed by atoms with Gasteiger partial charge in [-0.25, -0.2) is 0 Å². The van der Waals surface area contributed by atoms with E-state index in [2.05, 4.69) is 54.0 Å². The van der Waals surface area contributed by atoms with Gasteiger partial charge in [-0.3, -0.25) is 0 Å². The molecule has 0 aliphatic rings. The largest absolute Gasteiger partial charge is 0.496 e. The summed E-state index contributed by atoms with van der Waals surface area (Å²) in [6.45, 7) is 6.14. The van der Waals surface area contributed by atoms with Gasteiger partial charge in [0.25, 0.3) is 0 Å². The highest BCUT2D eigenvalue weighted by atomic mass is 79.9. The Labute approximate surface area is 134 Å². The molecule has 2 aromatic rings. The van der Waals surface area contributed by atoms with Gasteiger partial charge in [-0.05, 0) is 54.7 Å². The maximum absolute atomic E-state index is 6.21. The fourth-order valence-electron chi connectivity index (χ4n) is 2.41. The van der Waals surface area contributed by atoms with Crippen molar-refractivity contribution in [3.05, 3.63) is 63.2 Å². The number of halogens is 2. The van der Waals surface area contributed by atoms with E-state index in [1.165, 1.54) is 5.56 Å². The molecule has 0 aliphatic heterocycles. The zero-order valence-electron chi connectivity index (χ0n) is 12.1. The third kappa shape index (κ3) is 3.02. The van der Waals surface area contributed by atoms with E-state index in [0.717, 1.165) is 33.0 Å². The van der Waals surface area contributed by atoms with E-state index >= 15 is 0 Å². The number of alkyl halides is 1. The number of hydrogen-bond donors (Lipinski definition) is 0. The minimum atomic E-state index is 0.129. The van der Waals surface area contributed by atoms with Crippen LogP contribution in [0, 0.1) is 20.8 Å². The molecule has 106 valence electrons. The highest BCUT2D eigenvalue weighted by Gasteiger charge is 2.14. The number of aryl methyl sites for hydroxylation is 3. The van der Waals surface area contributed by atoms with Gasteiger partial charge in [0.05, 0.1) is 11.9 Å². The van der Waals surface area contributed by atoms with Crippen LogP contribution in [0.4, 0.5) is 0 Å². The Hall–Kier alpha value is -0.990. The number of benzene rings is 2. The molecule has 0 radical (unpaired) electrons. The summed E-state index contributed by atoms with van der Waals surface area (Å²) in [5, 5.41) is 0.800. The summed E-state index contributed by atoms with van der Waals surface area (Å²) < 4.78 is 5.41. The van der Waals surface area contributed by atoms with Crippen molar-refractivity contribution in [1.82, 2.24) is 0 Å². The molecule has 0 fully saturated rings. The average Bonchev–Trinajstić information content (AvgIpc) is 2.40. The second-order valence-electron chi connectivity index (χ2n) is 5.06. The van der Waals surface area contributed by atoms with Crippen LogP contribution in [0.25, 0.3) is 0 Å². The Kier molecular flexibility index (Phi) is 4.77. The molecule has 0 bridgehead atoms. The molecule has 1 nitrogen and oxygen atoms in total. The highest BCUT2D eigenvalue weighted by Crippen LogP contribution is 2.36. The first-order chi connectivity index (χ1) is 9.43. The molecule has 0 spiro atoms. The molecule has 0 heterocycles. The van der Waals surface area contributed by atoms with Crippen molar-refractivity contribution in [2.24, 2.45) is 0 Å². The maximum Gasteiger partial charge on any atom is 0.124 e. The zero-order valence-corrected chi connectivity index (χ0v) is 14.5. The molecular formula is C17H18BrClO. The van der Waals surface area contributed by atoms with Gasteiger partial charge in [0, 0.05) is 5.02 Å². The fourth-order valence-corrected chi connectivity index (χ4v) is 3.15. The molecule has 1 atom stereocenters. The van der Waals surface area contributed by atoms with Gasteiger partial charge in [0.15, 0.2) is 0 Å². The lowest BCUT2D eigenvalue weighted by atomic mass is 9.99. The Morgan fingerprint density at radius 1 is 0.950 bits per heavy atom. The lowest BCUT2D eigenvalue weighted by molar-refractivity contribution is 0.408. The summed E-state index contributed by atoms with van der Waals surface area (Å²) in [4.78, 5) is 0.129. The zero-order chi connectivity index (χ0) is 14.9. The molecule has 0 saturated carbocycles. The van der Waals surface area contributed by atoms with Gasteiger partial charge in [-0.1, -0.05) is 51.8 Å². The van der Waals surface area contributed by atoms with E-state index in [1.54, 1.807) is 7.11 Å². The molecule has 1 unspecified atom stereocenters. The Balaban J connectivity index is 2.42. The van der Waals surface area contributed by atoms with Crippen molar-refractivity contribution in [2.75, 3.05) is 7.11 Å². The van der Waals surface area contributed by atoms with Crippen LogP contribution < -0.4 is 4.74 Å². The van der Waals surface area contributed by atoms with Crippen LogP contribution in [0.15, 0.2) is 30.3 Å². The average molecular weight is 354 g/mol. The molecule has 0 saturated heterocycles. The first-order valence-electron chi connectivity index (χ1n) is 6.49. The van der Waals surface area contributed by atoms with Crippen molar-refractivity contribution in [3.63, 3.8) is 0 Å². The van der Waals surface area contributed by atoms with Crippen LogP contribution in [-0.4, -0.2) is 7.11 Å². The molecule has 2 rings (SSSR count). The quantitative estimate of drug-likeness (QED) is 0.638. The van der Waals surface area contributed by atoms with Crippen LogP contribution >= 0.6 is 27.5 Å². The summed E-state index contributed by atoms with van der Waals surface area (Å²) in [5.74, 6) is 0.954. The summed E-state index contributed by atoms with van der Waals surface area (Å²) in [6, 6.07) is 10.5. The molecule has 20 heavy (non-hydrogen) atoms. The van der Waals surface area contributed by atoms with Crippen molar-refractivity contribution in [3.8, 4) is 5.75 Å². The van der Waals surface area contributed by atoms with Gasteiger partial charge in [0.1, 0.15) is 5.75 Å². The standard InChI is InChI=1S/C17H18BrClO/c1-10-5-6-13(9-15(10)19)16(18)14-7-11(2)17(20-4)12(3)8-14/h5-9,16H,1-4H3. The SMILES string of the molecule is COc1c(C)cc(C(Br)c2ccc(C)c(Cl)c2)cc1C. The van der Waals surface area contributed by atoms with Crippen molar-refractivity contribution < 1.29 is 4.74 Å². The Morgan fingerprint density at radius 3 is 2.05 bits per heavy atom. The van der Waals surface area contributed by atoms with Crippen LogP contribution in [0.5, 0.6) is 5.75 Å². The maximum atomic E-state index is 6.21. The first kappa shape index (κ1) is 15.4. The van der Waals surface area contributed by atoms with Gasteiger partial charge in [0.2, 0.25) is 0 Å². The molecule has 3 heteroatoms. The van der Waals surface area contributed by atoms with Crippen molar-refractivity contribution >= 4 is 27.5 Å². The van der Waals surface area contributed by atoms with Gasteiger partial charge < -0.3 is 4.74 Å². The predicted octanol–water partition coefficient (Wildman–Crippen LogP) is 5.76. The number of hydrogen-bond acceptors (Lipinski definition) is 1. The third-order valence-corrected chi connectivity index (χ3v) is 4.93. The summed E-state index contributed by atoms with van der Waals surface area (Å²) >= 11 is 9.98. The van der Waals surface area contributed by atoms with E-state index in [0.29, 0.717) is 0 Å². The van der Waals surface area contributed by atoms with E-state index in [1.807, 2.05) is 13.0 Å². The lowest BCUT2D eigenvalue weighted by Crippen LogP contribution is -1.98. The third-order valence-electron chi connectivity index (χ3n) is 3.47. The second-order valence-corrected chi connectivity index (χ2v) is 6.38. The summed E-state index contributed by atoms with van der Waals surface area (Å²) in [5.41, 5.74) is 5.75. The molecule has 0 N–H and O–H groups in total. The molecule has 0 aliphatic carbocycles. The van der Waals surface area contributed by atoms with Gasteiger partial charge in [-0.2, -0.15) is 0 Å². The molecule has 0 aromatic heterocycles. The topological polar surface area (TPSA) is 9.23 Å². The predicted molar refractivity (Wildman–Crippen MR) is 89.4 cm³/mol. The Morgan fingerprint density at radius 2 is 1.55 bits per heavy atom. The first-order valence-corrected chi connectivity index (χ1v) is 7.78. The lowest BCUT2D eigenvalue weighted by Gasteiger charge is -2.16. The van der Waals surface area contributed by atoms with Gasteiger partial charge >= 0.3 is 0 Å². The van der Waals surface area contributed by atoms with E-state index < -0.39 is 0 Å². The molecule has 0 amide bonds. The fraction of sp³-hybridized carbons (Fsp3) is 0.294. The smallest absolute Gasteiger partial charge is 0.124 e. The second kappa shape index (κ2) is 6.19. The Bertz CT molecular complexity index is 614. The van der Waals surface area contributed by atoms with Gasteiger partial charge in [-0.15, -0.1) is 0 Å². The van der Waals surface area contributed by atoms with Crippen LogP contribution in [0.2, 0.25) is 5.02 Å². The van der Waals surface area contributed by atoms with E-state index in [9.17, 15) is 0 Å². The van der Waals surface area contributed by atoms with Crippen LogP contribution in [-0.2, 0) is 0 Å². The summed E-state index contributed by atoms with van der Waals surface area (Å²) in [7, 11) is 1.71. The van der Waals surface area contributed by atoms with E-state index in [-0.39, 0.29) is 4.83 Å². The monoisotopic (exact) mass is 352 g/mol. The minimum Gasteiger partial charge on any atom is -0.496 e. The van der Waals surface area contributed by atoms with Crippen LogP contribution in [0.1, 0.15) is 32.6 Å².